The molecule has 2 heterocycles. The summed E-state index contributed by atoms with van der Waals surface area (Å²) in [6.07, 6.45) is 1.30. The van der Waals surface area contributed by atoms with Crippen LogP contribution in [0.1, 0.15) is 16.2 Å². The third kappa shape index (κ3) is 2.75. The number of hydrogen-bond donors (Lipinski definition) is 2. The lowest BCUT2D eigenvalue weighted by molar-refractivity contribution is 0.0696. The summed E-state index contributed by atoms with van der Waals surface area (Å²) in [5, 5.41) is 16.6. The standard InChI is InChI=1S/C9H7ClN4O2S/c1-4-12-9(14-13-4)17-7-2-5(8(15)16)6(10)3-11-7/h2-3H,1H3,(H,15,16)(H,12,13,14). The molecule has 2 aromatic heterocycles. The molecule has 0 aliphatic carbocycles. The lowest BCUT2D eigenvalue weighted by Gasteiger charge is -2.00. The molecule has 8 heteroatoms. The highest BCUT2D eigenvalue weighted by atomic mass is 35.5. The Balaban J connectivity index is 2.28. The van der Waals surface area contributed by atoms with Crippen molar-refractivity contribution in [2.75, 3.05) is 0 Å². The van der Waals surface area contributed by atoms with E-state index in [1.807, 2.05) is 0 Å². The van der Waals surface area contributed by atoms with Gasteiger partial charge in [0.15, 0.2) is 0 Å². The fourth-order valence-corrected chi connectivity index (χ4v) is 2.03. The van der Waals surface area contributed by atoms with Gasteiger partial charge in [0.25, 0.3) is 0 Å². The molecule has 0 atom stereocenters. The molecule has 2 aromatic rings. The first-order valence-electron chi connectivity index (χ1n) is 4.52. The number of nitrogens with one attached hydrogen (secondary N) is 1. The smallest absolute Gasteiger partial charge is 0.337 e. The minimum Gasteiger partial charge on any atom is -0.478 e. The van der Waals surface area contributed by atoms with Gasteiger partial charge in [-0.05, 0) is 24.8 Å². The number of carboxylic acids is 1. The van der Waals surface area contributed by atoms with Gasteiger partial charge in [-0.1, -0.05) is 11.6 Å². The van der Waals surface area contributed by atoms with Crippen molar-refractivity contribution in [3.8, 4) is 0 Å². The van der Waals surface area contributed by atoms with Crippen LogP contribution in [0.15, 0.2) is 22.4 Å². The molecule has 0 saturated carbocycles. The van der Waals surface area contributed by atoms with E-state index in [0.717, 1.165) is 11.8 Å². The highest BCUT2D eigenvalue weighted by molar-refractivity contribution is 7.99. The van der Waals surface area contributed by atoms with E-state index in [-0.39, 0.29) is 10.6 Å². The number of rotatable bonds is 3. The summed E-state index contributed by atoms with van der Waals surface area (Å²) in [5.74, 6) is -0.412. The zero-order chi connectivity index (χ0) is 12.4. The largest absolute Gasteiger partial charge is 0.478 e. The van der Waals surface area contributed by atoms with E-state index in [2.05, 4.69) is 20.2 Å². The molecule has 6 nitrogen and oxygen atoms in total. The maximum atomic E-state index is 10.9. The van der Waals surface area contributed by atoms with Crippen molar-refractivity contribution in [1.29, 1.82) is 0 Å². The van der Waals surface area contributed by atoms with Gasteiger partial charge in [0.05, 0.1) is 10.6 Å². The zero-order valence-electron chi connectivity index (χ0n) is 8.64. The van der Waals surface area contributed by atoms with Gasteiger partial charge in [-0.25, -0.2) is 14.8 Å². The van der Waals surface area contributed by atoms with Gasteiger partial charge in [-0.2, -0.15) is 0 Å². The second kappa shape index (κ2) is 4.72. The molecule has 0 amide bonds. The van der Waals surface area contributed by atoms with Crippen LogP contribution < -0.4 is 0 Å². The molecule has 88 valence electrons. The van der Waals surface area contributed by atoms with Gasteiger partial charge in [0.1, 0.15) is 10.9 Å². The molecule has 0 aliphatic heterocycles. The van der Waals surface area contributed by atoms with Gasteiger partial charge in [0, 0.05) is 6.20 Å². The average Bonchev–Trinajstić information content (AvgIpc) is 2.66. The fraction of sp³-hybridized carbons (Fsp3) is 0.111. The van der Waals surface area contributed by atoms with Crippen molar-refractivity contribution in [3.05, 3.63) is 28.7 Å². The Morgan fingerprint density at radius 1 is 1.59 bits per heavy atom. The maximum absolute atomic E-state index is 10.9. The molecule has 2 rings (SSSR count). The van der Waals surface area contributed by atoms with Crippen molar-refractivity contribution in [1.82, 2.24) is 20.2 Å². The van der Waals surface area contributed by atoms with E-state index in [9.17, 15) is 4.79 Å². The fourth-order valence-electron chi connectivity index (χ4n) is 1.10. The predicted octanol–water partition coefficient (Wildman–Crippen LogP) is 2.01. The quantitative estimate of drug-likeness (QED) is 0.886. The maximum Gasteiger partial charge on any atom is 0.337 e. The summed E-state index contributed by atoms with van der Waals surface area (Å²) < 4.78 is 0. The van der Waals surface area contributed by atoms with Gasteiger partial charge in [-0.3, -0.25) is 5.10 Å². The number of hydrogen-bond acceptors (Lipinski definition) is 5. The van der Waals surface area contributed by atoms with Crippen molar-refractivity contribution in [3.63, 3.8) is 0 Å². The topological polar surface area (TPSA) is 91.8 Å². The van der Waals surface area contributed by atoms with Gasteiger partial charge in [-0.15, -0.1) is 5.10 Å². The van der Waals surface area contributed by atoms with Crippen LogP contribution in [-0.2, 0) is 0 Å². The van der Waals surface area contributed by atoms with Crippen LogP contribution in [-0.4, -0.2) is 31.2 Å². The Bertz CT molecular complexity index is 572. The van der Waals surface area contributed by atoms with Crippen molar-refractivity contribution in [2.24, 2.45) is 0 Å². The molecule has 0 saturated heterocycles. The second-order valence-corrected chi connectivity index (χ2v) is 4.51. The molecule has 2 N–H and O–H groups in total. The Hall–Kier alpha value is -1.60. The SMILES string of the molecule is Cc1nc(Sc2cc(C(=O)O)c(Cl)cn2)n[nH]1. The molecule has 0 fully saturated rings. The number of pyridine rings is 1. The molecular weight excluding hydrogens is 264 g/mol. The van der Waals surface area contributed by atoms with Gasteiger partial charge in [0.2, 0.25) is 5.16 Å². The molecular formula is C9H7ClN4O2S. The lowest BCUT2D eigenvalue weighted by atomic mass is 10.3. The number of aromatic carboxylic acids is 1. The summed E-state index contributed by atoms with van der Waals surface area (Å²) in [4.78, 5) is 19.0. The molecule has 0 unspecified atom stereocenters. The summed E-state index contributed by atoms with van der Waals surface area (Å²) in [6, 6.07) is 1.39. The van der Waals surface area contributed by atoms with E-state index in [1.54, 1.807) is 6.92 Å². The second-order valence-electron chi connectivity index (χ2n) is 3.11. The average molecular weight is 271 g/mol. The number of nitrogens with zero attached hydrogens (tertiary/aromatic N) is 3. The van der Waals surface area contributed by atoms with E-state index in [0.29, 0.717) is 16.0 Å². The van der Waals surface area contributed by atoms with Gasteiger partial charge >= 0.3 is 5.97 Å². The summed E-state index contributed by atoms with van der Waals surface area (Å²) >= 11 is 6.87. The molecule has 0 spiro atoms. The third-order valence-electron chi connectivity index (χ3n) is 1.83. The van der Waals surface area contributed by atoms with E-state index >= 15 is 0 Å². The van der Waals surface area contributed by atoms with Gasteiger partial charge < -0.3 is 5.11 Å². The van der Waals surface area contributed by atoms with E-state index < -0.39 is 5.97 Å². The predicted molar refractivity (Wildman–Crippen MR) is 61.4 cm³/mol. The molecule has 17 heavy (non-hydrogen) atoms. The van der Waals surface area contributed by atoms with Crippen LogP contribution in [0.3, 0.4) is 0 Å². The summed E-state index contributed by atoms with van der Waals surface area (Å²) in [5.41, 5.74) is 0.0106. The minimum absolute atomic E-state index is 0.0106. The first-order chi connectivity index (χ1) is 8.06. The minimum atomic E-state index is -1.09. The Morgan fingerprint density at radius 2 is 2.35 bits per heavy atom. The molecule has 0 aromatic carbocycles. The lowest BCUT2D eigenvalue weighted by Crippen LogP contribution is -1.98. The first-order valence-corrected chi connectivity index (χ1v) is 5.71. The molecule has 0 aliphatic rings. The Kier molecular flexibility index (Phi) is 3.30. The molecule has 0 bridgehead atoms. The first kappa shape index (κ1) is 11.9. The van der Waals surface area contributed by atoms with Crippen LogP contribution in [0.5, 0.6) is 0 Å². The number of aryl methyl sites for hydroxylation is 1. The number of aromatic nitrogens is 4. The van der Waals surface area contributed by atoms with Crippen LogP contribution in [0.4, 0.5) is 0 Å². The number of H-pyrrole nitrogens is 1. The van der Waals surface area contributed by atoms with Crippen LogP contribution in [0.2, 0.25) is 5.02 Å². The monoisotopic (exact) mass is 270 g/mol. The van der Waals surface area contributed by atoms with Crippen LogP contribution in [0, 0.1) is 6.92 Å². The highest BCUT2D eigenvalue weighted by Gasteiger charge is 2.12. The number of aromatic amines is 1. The summed E-state index contributed by atoms with van der Waals surface area (Å²) in [7, 11) is 0. The molecule has 0 radical (unpaired) electrons. The zero-order valence-corrected chi connectivity index (χ0v) is 10.2. The highest BCUT2D eigenvalue weighted by Crippen LogP contribution is 2.25. The van der Waals surface area contributed by atoms with Crippen molar-refractivity contribution in [2.45, 2.75) is 17.1 Å². The van der Waals surface area contributed by atoms with Crippen LogP contribution >= 0.6 is 23.4 Å². The van der Waals surface area contributed by atoms with E-state index in [4.69, 9.17) is 16.7 Å². The number of carbonyl (C=O) groups is 1. The van der Waals surface area contributed by atoms with Crippen molar-refractivity contribution < 1.29 is 9.90 Å². The number of halogens is 1. The van der Waals surface area contributed by atoms with Crippen molar-refractivity contribution >= 4 is 29.3 Å². The normalized spacial score (nSPS) is 10.5. The summed E-state index contributed by atoms with van der Waals surface area (Å²) in [6.45, 7) is 1.77. The Labute approximate surface area is 105 Å². The van der Waals surface area contributed by atoms with Crippen LogP contribution in [0.25, 0.3) is 0 Å². The number of carboxylic acid groups (broad SMARTS) is 1. The third-order valence-corrected chi connectivity index (χ3v) is 2.93. The van der Waals surface area contributed by atoms with E-state index in [1.165, 1.54) is 12.3 Å². The Morgan fingerprint density at radius 3 is 2.94 bits per heavy atom.